The summed E-state index contributed by atoms with van der Waals surface area (Å²) in [4.78, 5) is 37.1. The lowest BCUT2D eigenvalue weighted by molar-refractivity contribution is -0.141. The summed E-state index contributed by atoms with van der Waals surface area (Å²) in [5, 5.41) is 20.6. The van der Waals surface area contributed by atoms with E-state index in [1.807, 2.05) is 60.7 Å². The predicted octanol–water partition coefficient (Wildman–Crippen LogP) is 5.07. The summed E-state index contributed by atoms with van der Waals surface area (Å²) >= 11 is 0. The number of carbonyl (C=O) groups excluding carboxylic acids is 2. The molecule has 1 unspecified atom stereocenters. The van der Waals surface area contributed by atoms with E-state index in [9.17, 15) is 24.1 Å². The highest BCUT2D eigenvalue weighted by molar-refractivity contribution is 7.52. The SMILES string of the molecule is CN(C(=N)NP(=O)(OCCOC(=O)OCCc1ccccc1)OCCOC(=O)OCCc1ccccc1)C(Cc1ccccc1)C(=O)O. The number of nitrogens with zero attached hydrogens (tertiary/aromatic N) is 1. The minimum atomic E-state index is -4.40. The van der Waals surface area contributed by atoms with E-state index in [1.165, 1.54) is 7.05 Å². The number of hydrogen-bond donors (Lipinski definition) is 3. The van der Waals surface area contributed by atoms with Crippen molar-refractivity contribution >= 4 is 32.0 Å². The number of guanidine groups is 1. The molecular weight excluding hydrogens is 645 g/mol. The van der Waals surface area contributed by atoms with Gasteiger partial charge in [0.05, 0.1) is 26.4 Å². The van der Waals surface area contributed by atoms with Gasteiger partial charge in [0.15, 0.2) is 0 Å². The highest BCUT2D eigenvalue weighted by Crippen LogP contribution is 2.43. The van der Waals surface area contributed by atoms with E-state index in [1.54, 1.807) is 30.3 Å². The largest absolute Gasteiger partial charge is 0.508 e. The molecule has 0 amide bonds. The summed E-state index contributed by atoms with van der Waals surface area (Å²) < 4.78 is 44.3. The van der Waals surface area contributed by atoms with Gasteiger partial charge in [0.1, 0.15) is 19.3 Å². The van der Waals surface area contributed by atoms with Crippen LogP contribution in [0.3, 0.4) is 0 Å². The normalized spacial score (nSPS) is 11.5. The molecule has 0 aromatic heterocycles. The molecule has 3 N–H and O–H groups in total. The highest BCUT2D eigenvalue weighted by Gasteiger charge is 2.32. The maximum Gasteiger partial charge on any atom is 0.508 e. The number of hydrogen-bond acceptors (Lipinski definition) is 11. The average Bonchev–Trinajstić information content (AvgIpc) is 3.08. The van der Waals surface area contributed by atoms with Gasteiger partial charge >= 0.3 is 26.0 Å². The summed E-state index contributed by atoms with van der Waals surface area (Å²) in [6.45, 7) is -1.47. The van der Waals surface area contributed by atoms with Gasteiger partial charge in [-0.1, -0.05) is 91.0 Å². The fourth-order valence-electron chi connectivity index (χ4n) is 4.14. The molecule has 0 saturated heterocycles. The maximum atomic E-state index is 13.6. The summed E-state index contributed by atoms with van der Waals surface area (Å²) in [6.07, 6.45) is -0.910. The fraction of sp³-hybridized carbons (Fsp3) is 0.333. The van der Waals surface area contributed by atoms with Gasteiger partial charge in [-0.2, -0.15) is 0 Å². The Kier molecular flexibility index (Phi) is 15.9. The molecule has 0 radical (unpaired) electrons. The molecule has 0 aliphatic carbocycles. The van der Waals surface area contributed by atoms with Crippen LogP contribution in [0.15, 0.2) is 91.0 Å². The van der Waals surface area contributed by atoms with Crippen molar-refractivity contribution in [1.82, 2.24) is 9.99 Å². The number of likely N-dealkylation sites (N-methyl/N-ethyl adjacent to an activating group) is 1. The number of nitrogens with one attached hydrogen (secondary N) is 2. The molecule has 0 fully saturated rings. The standard InChI is InChI=1S/C33H40N3O11P/c1-36(29(30(37)38)25-28-15-9-4-10-16-28)31(34)35-48(41,46-23-21-44-32(39)42-19-17-26-11-5-2-6-12-26)47-24-22-45-33(40)43-20-18-27-13-7-3-8-14-27/h2-16,29H,17-25H2,1H3,(H,37,38)(H2,34,35,41). The Balaban J connectivity index is 1.51. The average molecular weight is 686 g/mol. The first kappa shape index (κ1) is 37.5. The first-order valence-corrected chi connectivity index (χ1v) is 16.6. The Morgan fingerprint density at radius 3 is 1.50 bits per heavy atom. The fourth-order valence-corrected chi connectivity index (χ4v) is 5.39. The Morgan fingerprint density at radius 2 is 1.08 bits per heavy atom. The third-order valence-corrected chi connectivity index (χ3v) is 8.19. The van der Waals surface area contributed by atoms with E-state index in [0.717, 1.165) is 16.0 Å². The number of benzene rings is 3. The molecule has 0 aliphatic heterocycles. The highest BCUT2D eigenvalue weighted by atomic mass is 31.2. The third kappa shape index (κ3) is 14.2. The van der Waals surface area contributed by atoms with Gasteiger partial charge in [0.25, 0.3) is 0 Å². The van der Waals surface area contributed by atoms with E-state index < -0.39 is 51.2 Å². The Morgan fingerprint density at radius 1 is 0.688 bits per heavy atom. The summed E-state index contributed by atoms with van der Waals surface area (Å²) in [7, 11) is -3.06. The second-order valence-electron chi connectivity index (χ2n) is 10.1. The smallest absolute Gasteiger partial charge is 0.480 e. The van der Waals surface area contributed by atoms with Crippen LogP contribution < -0.4 is 5.09 Å². The number of aliphatic carboxylic acids is 1. The summed E-state index contributed by atoms with van der Waals surface area (Å²) in [5.74, 6) is -1.80. The summed E-state index contributed by atoms with van der Waals surface area (Å²) in [5.41, 5.74) is 2.66. The van der Waals surface area contributed by atoms with Crippen molar-refractivity contribution in [2.24, 2.45) is 0 Å². The summed E-state index contributed by atoms with van der Waals surface area (Å²) in [6, 6.07) is 26.4. The molecule has 14 nitrogen and oxygen atoms in total. The van der Waals surface area contributed by atoms with Crippen LogP contribution in [0.1, 0.15) is 16.7 Å². The van der Waals surface area contributed by atoms with E-state index in [-0.39, 0.29) is 32.8 Å². The molecule has 48 heavy (non-hydrogen) atoms. The van der Waals surface area contributed by atoms with Crippen LogP contribution in [0, 0.1) is 5.41 Å². The van der Waals surface area contributed by atoms with Crippen molar-refractivity contribution in [3.63, 3.8) is 0 Å². The van der Waals surface area contributed by atoms with Crippen molar-refractivity contribution in [3.8, 4) is 0 Å². The van der Waals surface area contributed by atoms with Crippen LogP contribution in [0.2, 0.25) is 0 Å². The molecule has 0 spiro atoms. The van der Waals surface area contributed by atoms with Gasteiger partial charge in [-0.3, -0.25) is 19.5 Å². The molecule has 15 heteroatoms. The molecule has 258 valence electrons. The topological polar surface area (TPSA) is 183 Å². The molecule has 3 aromatic rings. The molecular formula is C33H40N3O11P. The van der Waals surface area contributed by atoms with Crippen molar-refractivity contribution in [3.05, 3.63) is 108 Å². The van der Waals surface area contributed by atoms with Crippen LogP contribution in [-0.2, 0) is 56.6 Å². The second-order valence-corrected chi connectivity index (χ2v) is 11.9. The zero-order valence-corrected chi connectivity index (χ0v) is 27.4. The number of ether oxygens (including phenoxy) is 4. The Hall–Kier alpha value is -4.91. The van der Waals surface area contributed by atoms with Gasteiger partial charge in [0, 0.05) is 26.3 Å². The number of carboxylic acids is 1. The van der Waals surface area contributed by atoms with Gasteiger partial charge in [0.2, 0.25) is 5.96 Å². The lowest BCUT2D eigenvalue weighted by Crippen LogP contribution is -2.48. The van der Waals surface area contributed by atoms with Gasteiger partial charge < -0.3 is 29.0 Å². The van der Waals surface area contributed by atoms with Gasteiger partial charge in [-0.25, -0.2) is 18.9 Å². The monoisotopic (exact) mass is 685 g/mol. The van der Waals surface area contributed by atoms with Gasteiger partial charge in [-0.15, -0.1) is 0 Å². The number of carbonyl (C=O) groups is 3. The van der Waals surface area contributed by atoms with E-state index in [0.29, 0.717) is 18.4 Å². The molecule has 3 rings (SSSR count). The van der Waals surface area contributed by atoms with Crippen LogP contribution >= 0.6 is 7.75 Å². The van der Waals surface area contributed by atoms with E-state index in [2.05, 4.69) is 5.09 Å². The van der Waals surface area contributed by atoms with Crippen LogP contribution in [-0.4, -0.2) is 87.0 Å². The first-order valence-electron chi connectivity index (χ1n) is 15.1. The maximum absolute atomic E-state index is 13.6. The minimum Gasteiger partial charge on any atom is -0.480 e. The number of rotatable bonds is 19. The molecule has 0 saturated carbocycles. The van der Waals surface area contributed by atoms with Crippen molar-refractivity contribution in [2.45, 2.75) is 25.3 Å². The first-order chi connectivity index (χ1) is 23.1. The third-order valence-electron chi connectivity index (χ3n) is 6.66. The minimum absolute atomic E-state index is 0.0448. The zero-order chi connectivity index (χ0) is 34.6. The molecule has 0 aliphatic rings. The Labute approximate surface area is 278 Å². The second kappa shape index (κ2) is 20.4. The van der Waals surface area contributed by atoms with Crippen LogP contribution in [0.25, 0.3) is 0 Å². The quantitative estimate of drug-likeness (QED) is 0.0500. The molecule has 3 aromatic carbocycles. The molecule has 0 heterocycles. The van der Waals surface area contributed by atoms with Gasteiger partial charge in [-0.05, 0) is 16.7 Å². The van der Waals surface area contributed by atoms with E-state index >= 15 is 0 Å². The van der Waals surface area contributed by atoms with Crippen LogP contribution in [0.4, 0.5) is 9.59 Å². The van der Waals surface area contributed by atoms with Crippen molar-refractivity contribution in [1.29, 1.82) is 5.41 Å². The molecule has 1 atom stereocenters. The van der Waals surface area contributed by atoms with Crippen LogP contribution in [0.5, 0.6) is 0 Å². The zero-order valence-electron chi connectivity index (χ0n) is 26.5. The Bertz CT molecular complexity index is 1410. The van der Waals surface area contributed by atoms with Crippen molar-refractivity contribution < 1.29 is 52.1 Å². The lowest BCUT2D eigenvalue weighted by Gasteiger charge is -2.29. The van der Waals surface area contributed by atoms with E-state index in [4.69, 9.17) is 33.4 Å². The number of carboxylic acid groups (broad SMARTS) is 1. The molecule has 0 bridgehead atoms. The lowest BCUT2D eigenvalue weighted by atomic mass is 10.1. The predicted molar refractivity (Wildman–Crippen MR) is 175 cm³/mol. The van der Waals surface area contributed by atoms with Crippen molar-refractivity contribution in [2.75, 3.05) is 46.7 Å².